The van der Waals surface area contributed by atoms with Crippen molar-refractivity contribution >= 4 is 23.5 Å². The van der Waals surface area contributed by atoms with Gasteiger partial charge in [-0.15, -0.1) is 0 Å². The Labute approximate surface area is 155 Å². The number of aryl methyl sites for hydroxylation is 1. The molecule has 1 aromatic rings. The molecule has 25 heavy (non-hydrogen) atoms. The molecule has 0 fully saturated rings. The van der Waals surface area contributed by atoms with E-state index in [-0.39, 0.29) is 12.5 Å². The minimum absolute atomic E-state index is 0.00819. The number of amides is 1. The summed E-state index contributed by atoms with van der Waals surface area (Å²) in [5.74, 6) is 0.602. The molecule has 0 aliphatic heterocycles. The molecule has 7 heteroatoms. The van der Waals surface area contributed by atoms with Gasteiger partial charge in [-0.25, -0.2) is 4.99 Å². The van der Waals surface area contributed by atoms with Crippen LogP contribution in [0.1, 0.15) is 24.5 Å². The molecule has 1 rings (SSSR count). The molecule has 140 valence electrons. The van der Waals surface area contributed by atoms with Crippen molar-refractivity contribution in [1.82, 2.24) is 15.5 Å². The molecule has 0 unspecified atom stereocenters. The quantitative estimate of drug-likeness (QED) is 0.398. The Kier molecular flexibility index (Phi) is 9.96. The van der Waals surface area contributed by atoms with Crippen LogP contribution in [0.25, 0.3) is 0 Å². The van der Waals surface area contributed by atoms with Crippen LogP contribution in [0, 0.1) is 6.92 Å². The van der Waals surface area contributed by atoms with Crippen LogP contribution < -0.4 is 10.6 Å². The summed E-state index contributed by atoms with van der Waals surface area (Å²) in [6.07, 6.45) is 0.871. The molecule has 0 saturated carbocycles. The first-order valence-electron chi connectivity index (χ1n) is 8.49. The summed E-state index contributed by atoms with van der Waals surface area (Å²) in [4.78, 5) is 17.9. The number of hydrogen-bond acceptors (Lipinski definition) is 3. The van der Waals surface area contributed by atoms with Gasteiger partial charge in [-0.05, 0) is 37.5 Å². The minimum Gasteiger partial charge on any atom is -0.382 e. The summed E-state index contributed by atoms with van der Waals surface area (Å²) in [6, 6.07) is 5.85. The van der Waals surface area contributed by atoms with Gasteiger partial charge in [0.2, 0.25) is 5.91 Å². The molecular formula is C18H29ClN4O2. The standard InChI is InChI=1S/C18H29ClN4O2/c1-5-25-10-6-9-20-18(22-13-17(24)23(3)4)21-12-15-7-8-16(19)14(2)11-15/h7-8,11H,5-6,9-10,12-13H2,1-4H3,(H2,20,21,22). The van der Waals surface area contributed by atoms with Crippen LogP contribution in [0.2, 0.25) is 5.02 Å². The average molecular weight is 369 g/mol. The number of hydrogen-bond donors (Lipinski definition) is 2. The lowest BCUT2D eigenvalue weighted by Crippen LogP contribution is -2.43. The maximum Gasteiger partial charge on any atom is 0.241 e. The third-order valence-electron chi connectivity index (χ3n) is 3.51. The Morgan fingerprint density at radius 1 is 1.32 bits per heavy atom. The monoisotopic (exact) mass is 368 g/mol. The van der Waals surface area contributed by atoms with Crippen molar-refractivity contribution in [3.05, 3.63) is 34.3 Å². The number of nitrogens with zero attached hydrogens (tertiary/aromatic N) is 2. The summed E-state index contributed by atoms with van der Waals surface area (Å²) in [7, 11) is 3.46. The van der Waals surface area contributed by atoms with Gasteiger partial charge in [0.15, 0.2) is 5.96 Å². The van der Waals surface area contributed by atoms with Crippen molar-refractivity contribution in [3.63, 3.8) is 0 Å². The van der Waals surface area contributed by atoms with E-state index < -0.39 is 0 Å². The molecule has 1 amide bonds. The fourth-order valence-corrected chi connectivity index (χ4v) is 2.11. The van der Waals surface area contributed by atoms with Crippen molar-refractivity contribution < 1.29 is 9.53 Å². The molecule has 0 radical (unpaired) electrons. The number of ether oxygens (including phenoxy) is 1. The Bertz CT molecular complexity index is 576. The summed E-state index contributed by atoms with van der Waals surface area (Å²) in [5.41, 5.74) is 2.09. The van der Waals surface area contributed by atoms with E-state index in [1.54, 1.807) is 19.0 Å². The van der Waals surface area contributed by atoms with E-state index in [4.69, 9.17) is 16.3 Å². The third-order valence-corrected chi connectivity index (χ3v) is 3.93. The van der Waals surface area contributed by atoms with Gasteiger partial charge in [-0.2, -0.15) is 0 Å². The first-order chi connectivity index (χ1) is 11.9. The zero-order valence-corrected chi connectivity index (χ0v) is 16.3. The lowest BCUT2D eigenvalue weighted by atomic mass is 10.1. The lowest BCUT2D eigenvalue weighted by molar-refractivity contribution is -0.127. The van der Waals surface area contributed by atoms with E-state index in [0.717, 1.165) is 29.1 Å². The van der Waals surface area contributed by atoms with Crippen molar-refractivity contribution in [3.8, 4) is 0 Å². The van der Waals surface area contributed by atoms with Crippen molar-refractivity contribution in [2.45, 2.75) is 26.8 Å². The smallest absolute Gasteiger partial charge is 0.241 e. The normalized spacial score (nSPS) is 11.3. The molecule has 1 aromatic carbocycles. The van der Waals surface area contributed by atoms with Gasteiger partial charge in [-0.1, -0.05) is 23.7 Å². The van der Waals surface area contributed by atoms with Gasteiger partial charge in [0.1, 0.15) is 0 Å². The summed E-state index contributed by atoms with van der Waals surface area (Å²) in [5, 5.41) is 7.05. The van der Waals surface area contributed by atoms with Crippen LogP contribution in [0.3, 0.4) is 0 Å². The molecule has 0 bridgehead atoms. The number of benzene rings is 1. The molecule has 0 aliphatic rings. The van der Waals surface area contributed by atoms with Crippen LogP contribution >= 0.6 is 11.6 Å². The number of carbonyl (C=O) groups excluding carboxylic acids is 1. The molecule has 0 atom stereocenters. The molecule has 0 aliphatic carbocycles. The SMILES string of the molecule is CCOCCCNC(=NCc1ccc(Cl)c(C)c1)NCC(=O)N(C)C. The Morgan fingerprint density at radius 2 is 2.08 bits per heavy atom. The highest BCUT2D eigenvalue weighted by Crippen LogP contribution is 2.16. The zero-order chi connectivity index (χ0) is 18.7. The lowest BCUT2D eigenvalue weighted by Gasteiger charge is -2.15. The zero-order valence-electron chi connectivity index (χ0n) is 15.6. The molecule has 0 saturated heterocycles. The number of carbonyl (C=O) groups is 1. The maximum atomic E-state index is 11.8. The highest BCUT2D eigenvalue weighted by atomic mass is 35.5. The predicted octanol–water partition coefficient (Wildman–Crippen LogP) is 2.20. The van der Waals surface area contributed by atoms with Crippen LogP contribution in [0.4, 0.5) is 0 Å². The van der Waals surface area contributed by atoms with E-state index in [1.807, 2.05) is 32.0 Å². The Hall–Kier alpha value is -1.79. The van der Waals surface area contributed by atoms with Crippen LogP contribution in [0.5, 0.6) is 0 Å². The van der Waals surface area contributed by atoms with Gasteiger partial charge in [0.25, 0.3) is 0 Å². The molecule has 6 nitrogen and oxygen atoms in total. The third kappa shape index (κ3) is 8.74. The number of nitrogens with one attached hydrogen (secondary N) is 2. The van der Waals surface area contributed by atoms with E-state index in [0.29, 0.717) is 25.7 Å². The van der Waals surface area contributed by atoms with Crippen LogP contribution in [-0.2, 0) is 16.1 Å². The van der Waals surface area contributed by atoms with E-state index in [1.165, 1.54) is 0 Å². The first kappa shape index (κ1) is 21.3. The minimum atomic E-state index is -0.00819. The van der Waals surface area contributed by atoms with Crippen molar-refractivity contribution in [1.29, 1.82) is 0 Å². The Balaban J connectivity index is 2.63. The topological polar surface area (TPSA) is 66.0 Å². The second kappa shape index (κ2) is 11.7. The first-order valence-corrected chi connectivity index (χ1v) is 8.87. The average Bonchev–Trinajstić information content (AvgIpc) is 2.58. The highest BCUT2D eigenvalue weighted by Gasteiger charge is 2.06. The summed E-state index contributed by atoms with van der Waals surface area (Å²) >= 11 is 6.05. The summed E-state index contributed by atoms with van der Waals surface area (Å²) in [6.45, 7) is 6.79. The number of rotatable bonds is 9. The number of halogens is 1. The molecule has 0 heterocycles. The molecular weight excluding hydrogens is 340 g/mol. The van der Waals surface area contributed by atoms with Gasteiger partial charge >= 0.3 is 0 Å². The highest BCUT2D eigenvalue weighted by molar-refractivity contribution is 6.31. The van der Waals surface area contributed by atoms with Gasteiger partial charge in [0, 0.05) is 38.9 Å². The molecule has 2 N–H and O–H groups in total. The number of likely N-dealkylation sites (N-methyl/N-ethyl adjacent to an activating group) is 1. The largest absolute Gasteiger partial charge is 0.382 e. The fraction of sp³-hybridized carbons (Fsp3) is 0.556. The second-order valence-corrected chi connectivity index (χ2v) is 6.27. The molecule has 0 spiro atoms. The van der Waals surface area contributed by atoms with Crippen molar-refractivity contribution in [2.24, 2.45) is 4.99 Å². The maximum absolute atomic E-state index is 11.8. The van der Waals surface area contributed by atoms with Crippen LogP contribution in [-0.4, -0.2) is 57.2 Å². The number of aliphatic imine (C=N–C) groups is 1. The van der Waals surface area contributed by atoms with Gasteiger partial charge in [-0.3, -0.25) is 4.79 Å². The van der Waals surface area contributed by atoms with E-state index in [9.17, 15) is 4.79 Å². The van der Waals surface area contributed by atoms with Gasteiger partial charge in [0.05, 0.1) is 13.1 Å². The number of guanidine groups is 1. The van der Waals surface area contributed by atoms with Crippen molar-refractivity contribution in [2.75, 3.05) is 40.4 Å². The fourth-order valence-electron chi connectivity index (χ4n) is 1.99. The Morgan fingerprint density at radius 3 is 2.72 bits per heavy atom. The summed E-state index contributed by atoms with van der Waals surface area (Å²) < 4.78 is 5.33. The van der Waals surface area contributed by atoms with Gasteiger partial charge < -0.3 is 20.3 Å². The van der Waals surface area contributed by atoms with E-state index in [2.05, 4.69) is 15.6 Å². The molecule has 0 aromatic heterocycles. The predicted molar refractivity (Wildman–Crippen MR) is 103 cm³/mol. The van der Waals surface area contributed by atoms with Crippen LogP contribution in [0.15, 0.2) is 23.2 Å². The second-order valence-electron chi connectivity index (χ2n) is 5.87. The van der Waals surface area contributed by atoms with E-state index >= 15 is 0 Å².